The van der Waals surface area contributed by atoms with Crippen LogP contribution in [0.5, 0.6) is 11.5 Å². The fourth-order valence-electron chi connectivity index (χ4n) is 6.14. The molecule has 3 aliphatic rings. The lowest BCUT2D eigenvalue weighted by molar-refractivity contribution is -0.0196. The average molecular weight is 528 g/mol. The van der Waals surface area contributed by atoms with Gasteiger partial charge in [-0.15, -0.1) is 0 Å². The molecular weight excluding hydrogens is 502 g/mol. The van der Waals surface area contributed by atoms with Crippen LogP contribution in [0, 0.1) is 6.92 Å². The molecule has 5 heterocycles. The van der Waals surface area contributed by atoms with Crippen molar-refractivity contribution in [1.29, 1.82) is 0 Å². The number of aryl methyl sites for hydroxylation is 1. The van der Waals surface area contributed by atoms with Crippen molar-refractivity contribution in [3.8, 4) is 22.8 Å². The molecule has 9 nitrogen and oxygen atoms in total. The number of likely N-dealkylation sites (tertiary alicyclic amines) is 1. The molecule has 3 fully saturated rings. The van der Waals surface area contributed by atoms with Gasteiger partial charge in [-0.2, -0.15) is 5.10 Å². The van der Waals surface area contributed by atoms with Gasteiger partial charge < -0.3 is 14.5 Å². The quantitative estimate of drug-likeness (QED) is 0.331. The molecule has 0 spiro atoms. The molecule has 2 atom stereocenters. The highest BCUT2D eigenvalue weighted by Crippen LogP contribution is 2.42. The third-order valence-corrected chi connectivity index (χ3v) is 8.55. The van der Waals surface area contributed by atoms with Gasteiger partial charge in [0.05, 0.1) is 53.4 Å². The average Bonchev–Trinajstić information content (AvgIpc) is 3.69. The van der Waals surface area contributed by atoms with E-state index in [4.69, 9.17) is 26.1 Å². The van der Waals surface area contributed by atoms with E-state index in [9.17, 15) is 0 Å². The van der Waals surface area contributed by atoms with E-state index in [0.717, 1.165) is 54.1 Å². The molecule has 2 saturated heterocycles. The predicted octanol–water partition coefficient (Wildman–Crippen LogP) is 5.30. The highest BCUT2D eigenvalue weighted by atomic mass is 35.5. The minimum atomic E-state index is 0.418. The maximum atomic E-state index is 6.78. The van der Waals surface area contributed by atoms with Crippen molar-refractivity contribution in [3.63, 3.8) is 0 Å². The molecular formula is C28H26ClN7O2. The number of H-pyrrole nitrogens is 1. The van der Waals surface area contributed by atoms with Gasteiger partial charge in [0, 0.05) is 36.5 Å². The number of aromatic amines is 1. The fourth-order valence-corrected chi connectivity index (χ4v) is 6.38. The summed E-state index contributed by atoms with van der Waals surface area (Å²) < 4.78 is 14.0. The Morgan fingerprint density at radius 3 is 2.76 bits per heavy atom. The Labute approximate surface area is 223 Å². The molecule has 0 unspecified atom stereocenters. The summed E-state index contributed by atoms with van der Waals surface area (Å²) in [6.07, 6.45) is 9.62. The summed E-state index contributed by atoms with van der Waals surface area (Å²) in [5, 5.41) is 5.09. The number of nitrogens with zero attached hydrogens (tertiary/aromatic N) is 6. The lowest BCUT2D eigenvalue weighted by atomic mass is 9.85. The minimum Gasteiger partial charge on any atom is -0.456 e. The zero-order valence-corrected chi connectivity index (χ0v) is 21.6. The molecule has 8 rings (SSSR count). The Morgan fingerprint density at radius 2 is 1.92 bits per heavy atom. The molecule has 192 valence electrons. The van der Waals surface area contributed by atoms with Crippen molar-refractivity contribution in [3.05, 3.63) is 59.8 Å². The molecule has 38 heavy (non-hydrogen) atoms. The Kier molecular flexibility index (Phi) is 5.02. The van der Waals surface area contributed by atoms with Gasteiger partial charge in [0.2, 0.25) is 0 Å². The van der Waals surface area contributed by atoms with Crippen LogP contribution < -0.4 is 4.74 Å². The van der Waals surface area contributed by atoms with Crippen LogP contribution in [0.15, 0.2) is 48.9 Å². The lowest BCUT2D eigenvalue weighted by Gasteiger charge is -2.44. The van der Waals surface area contributed by atoms with Crippen molar-refractivity contribution < 1.29 is 9.47 Å². The lowest BCUT2D eigenvalue weighted by Crippen LogP contribution is -2.50. The van der Waals surface area contributed by atoms with Crippen molar-refractivity contribution in [1.82, 2.24) is 34.6 Å². The molecule has 0 radical (unpaired) electrons. The van der Waals surface area contributed by atoms with Crippen LogP contribution in [0.3, 0.4) is 0 Å². The zero-order valence-electron chi connectivity index (χ0n) is 20.8. The molecule has 1 aliphatic carbocycles. The number of fused-ring (bicyclic) bond motifs is 4. The minimum absolute atomic E-state index is 0.418. The molecule has 2 bridgehead atoms. The van der Waals surface area contributed by atoms with Crippen molar-refractivity contribution >= 4 is 33.7 Å². The number of hydrogen-bond donors (Lipinski definition) is 1. The Hall–Kier alpha value is -3.53. The van der Waals surface area contributed by atoms with Crippen molar-refractivity contribution in [2.45, 2.75) is 50.4 Å². The van der Waals surface area contributed by atoms with Gasteiger partial charge in [-0.3, -0.25) is 14.6 Å². The number of halogens is 1. The Balaban J connectivity index is 1.02. The summed E-state index contributed by atoms with van der Waals surface area (Å²) in [4.78, 5) is 19.8. The number of ether oxygens (including phenoxy) is 2. The highest BCUT2D eigenvalue weighted by Gasteiger charge is 2.46. The van der Waals surface area contributed by atoms with E-state index in [2.05, 4.69) is 35.8 Å². The largest absolute Gasteiger partial charge is 0.456 e. The van der Waals surface area contributed by atoms with E-state index in [0.29, 0.717) is 51.8 Å². The van der Waals surface area contributed by atoms with Crippen LogP contribution in [0.4, 0.5) is 0 Å². The first-order valence-electron chi connectivity index (χ1n) is 13.1. The van der Waals surface area contributed by atoms with Gasteiger partial charge in [-0.25, -0.2) is 9.97 Å². The van der Waals surface area contributed by atoms with Crippen LogP contribution in [0.25, 0.3) is 33.3 Å². The number of morpholine rings is 1. The molecule has 3 aromatic heterocycles. The molecule has 0 amide bonds. The van der Waals surface area contributed by atoms with E-state index in [-0.39, 0.29) is 0 Å². The third kappa shape index (κ3) is 3.68. The summed E-state index contributed by atoms with van der Waals surface area (Å²) in [5.41, 5.74) is 4.79. The summed E-state index contributed by atoms with van der Waals surface area (Å²) in [5.74, 6) is 2.05. The first kappa shape index (κ1) is 22.5. The highest BCUT2D eigenvalue weighted by molar-refractivity contribution is 6.36. The number of benzene rings is 2. The van der Waals surface area contributed by atoms with Gasteiger partial charge in [-0.1, -0.05) is 11.6 Å². The topological polar surface area (TPSA) is 94.0 Å². The predicted molar refractivity (Wildman–Crippen MR) is 144 cm³/mol. The van der Waals surface area contributed by atoms with E-state index >= 15 is 0 Å². The maximum Gasteiger partial charge on any atom is 0.148 e. The van der Waals surface area contributed by atoms with Crippen LogP contribution in [0.2, 0.25) is 5.02 Å². The second-order valence-corrected chi connectivity index (χ2v) is 11.0. The number of aromatic nitrogens is 6. The smallest absolute Gasteiger partial charge is 0.148 e. The normalized spacial score (nSPS) is 24.9. The van der Waals surface area contributed by atoms with E-state index in [1.165, 1.54) is 6.42 Å². The van der Waals surface area contributed by atoms with E-state index < -0.39 is 0 Å². The molecule has 1 saturated carbocycles. The van der Waals surface area contributed by atoms with Crippen LogP contribution in [-0.4, -0.2) is 66.0 Å². The standard InChI is InChI=1S/C28H26ClN7O2/c1-15-32-22-3-2-20(9-24(22)33-15)38-26-5-4-23-28(27(26)29)34-25(11-30-23)16-10-31-36(12-16)18-6-17(7-18)35-13-21-8-19(35)14-37-21/h2-5,9-12,17-19,21H,6-8,13-14H2,1H3,(H,32,33)/t17?,18?,19-,21-/m1/s1. The second kappa shape index (κ2) is 8.49. The second-order valence-electron chi connectivity index (χ2n) is 10.6. The maximum absolute atomic E-state index is 6.78. The molecule has 5 aromatic rings. The SMILES string of the molecule is Cc1nc2ccc(Oc3ccc4ncc(-c5cnn(C6CC(N7C[C@H]8C[C@@H]7CO8)C6)c5)nc4c3Cl)cc2[nH]1. The van der Waals surface area contributed by atoms with Gasteiger partial charge in [0.1, 0.15) is 27.9 Å². The van der Waals surface area contributed by atoms with Gasteiger partial charge >= 0.3 is 0 Å². The molecule has 10 heteroatoms. The van der Waals surface area contributed by atoms with Crippen LogP contribution in [-0.2, 0) is 4.74 Å². The molecule has 2 aliphatic heterocycles. The Morgan fingerprint density at radius 1 is 1.03 bits per heavy atom. The number of hydrogen-bond acceptors (Lipinski definition) is 7. The number of imidazole rings is 1. The van der Waals surface area contributed by atoms with Crippen molar-refractivity contribution in [2.75, 3.05) is 13.2 Å². The van der Waals surface area contributed by atoms with Gasteiger partial charge in [0.25, 0.3) is 0 Å². The van der Waals surface area contributed by atoms with Gasteiger partial charge in [0.15, 0.2) is 0 Å². The molecule has 2 aromatic carbocycles. The number of nitrogens with one attached hydrogen (secondary N) is 1. The monoisotopic (exact) mass is 527 g/mol. The Bertz CT molecular complexity index is 1690. The van der Waals surface area contributed by atoms with Crippen LogP contribution in [0.1, 0.15) is 31.1 Å². The van der Waals surface area contributed by atoms with Crippen LogP contribution >= 0.6 is 11.6 Å². The van der Waals surface area contributed by atoms with Crippen molar-refractivity contribution in [2.24, 2.45) is 0 Å². The van der Waals surface area contributed by atoms with E-state index in [1.807, 2.05) is 43.5 Å². The fraction of sp³-hybridized carbons (Fsp3) is 0.357. The van der Waals surface area contributed by atoms with Gasteiger partial charge in [-0.05, 0) is 50.5 Å². The first-order chi connectivity index (χ1) is 18.6. The summed E-state index contributed by atoms with van der Waals surface area (Å²) in [6, 6.07) is 11.1. The third-order valence-electron chi connectivity index (χ3n) is 8.19. The summed E-state index contributed by atoms with van der Waals surface area (Å²) in [6.45, 7) is 3.91. The zero-order chi connectivity index (χ0) is 25.4. The number of rotatable bonds is 5. The first-order valence-corrected chi connectivity index (χ1v) is 13.5. The summed E-state index contributed by atoms with van der Waals surface area (Å²) >= 11 is 6.78. The molecule has 1 N–H and O–H groups in total. The summed E-state index contributed by atoms with van der Waals surface area (Å²) in [7, 11) is 0. The van der Waals surface area contributed by atoms with E-state index in [1.54, 1.807) is 6.20 Å².